The number of carbonyl (C=O) groups is 3. The minimum Gasteiger partial charge on any atom is -0.444 e. The highest BCUT2D eigenvalue weighted by Gasteiger charge is 2.25. The molecule has 3 N–H and O–H groups in total. The van der Waals surface area contributed by atoms with Crippen molar-refractivity contribution in [3.05, 3.63) is 0 Å². The van der Waals surface area contributed by atoms with Crippen molar-refractivity contribution in [2.24, 2.45) is 0 Å². The lowest BCUT2D eigenvalue weighted by atomic mass is 10.2. The van der Waals surface area contributed by atoms with Gasteiger partial charge < -0.3 is 34.6 Å². The normalized spacial score (nSPS) is 12.0. The third kappa shape index (κ3) is 21.6. The Morgan fingerprint density at radius 3 is 0.941 bits per heavy atom. The van der Waals surface area contributed by atoms with Crippen LogP contribution in [0.2, 0.25) is 0 Å². The van der Waals surface area contributed by atoms with Crippen LogP contribution < -0.4 is 16.0 Å². The van der Waals surface area contributed by atoms with E-state index in [0.29, 0.717) is 43.8 Å². The molecule has 0 spiro atoms. The number of hydrogen-bond acceptors (Lipinski definition) is 6. The Hall–Kier alpha value is -2.23. The first-order valence-corrected chi connectivity index (χ1v) is 12.0. The molecule has 0 bridgehead atoms. The van der Waals surface area contributed by atoms with Crippen molar-refractivity contribution in [3.8, 4) is 0 Å². The van der Waals surface area contributed by atoms with Crippen molar-refractivity contribution >= 4 is 18.3 Å². The number of amides is 3. The SMILES string of the molecule is CC.CC(C)(C)OC(=O)NCC[N+](C)(CCNC(=O)OC(C)(C)C)CCNC(=O)OC(C)(C)C. The highest BCUT2D eigenvalue weighted by atomic mass is 16.6. The van der Waals surface area contributed by atoms with Gasteiger partial charge in [0.1, 0.15) is 16.8 Å². The van der Waals surface area contributed by atoms with E-state index in [9.17, 15) is 14.4 Å². The van der Waals surface area contributed by atoms with Gasteiger partial charge in [-0.25, -0.2) is 14.4 Å². The summed E-state index contributed by atoms with van der Waals surface area (Å²) in [5.41, 5.74) is -1.72. The molecule has 0 fully saturated rings. The molecule has 0 atom stereocenters. The number of likely N-dealkylation sites (N-methyl/N-ethyl adjacent to an activating group) is 1. The number of ether oxygens (including phenoxy) is 3. The largest absolute Gasteiger partial charge is 0.444 e. The summed E-state index contributed by atoms with van der Waals surface area (Å²) in [7, 11) is 1.99. The lowest BCUT2D eigenvalue weighted by Crippen LogP contribution is -2.55. The fraction of sp³-hybridized carbons (Fsp3) is 0.875. The smallest absolute Gasteiger partial charge is 0.407 e. The summed E-state index contributed by atoms with van der Waals surface area (Å²) in [6.07, 6.45) is -1.45. The zero-order valence-corrected chi connectivity index (χ0v) is 23.6. The zero-order valence-electron chi connectivity index (χ0n) is 23.6. The Balaban J connectivity index is 0. The van der Waals surface area contributed by atoms with Crippen LogP contribution in [0.3, 0.4) is 0 Å². The molecule has 202 valence electrons. The van der Waals surface area contributed by atoms with Crippen LogP contribution in [0.15, 0.2) is 0 Å². The summed E-state index contributed by atoms with van der Waals surface area (Å²) >= 11 is 0. The molecule has 0 saturated heterocycles. The first-order valence-electron chi connectivity index (χ1n) is 12.0. The molecule has 3 amide bonds. The molecule has 34 heavy (non-hydrogen) atoms. The summed E-state index contributed by atoms with van der Waals surface area (Å²) in [5.74, 6) is 0. The van der Waals surface area contributed by atoms with E-state index < -0.39 is 35.1 Å². The number of nitrogens with one attached hydrogen (secondary N) is 3. The number of nitrogens with zero attached hydrogens (tertiary/aromatic N) is 1. The van der Waals surface area contributed by atoms with Crippen LogP contribution in [-0.4, -0.2) is 85.9 Å². The highest BCUT2D eigenvalue weighted by molar-refractivity contribution is 5.68. The molecule has 0 saturated carbocycles. The van der Waals surface area contributed by atoms with Gasteiger partial charge in [-0.05, 0) is 62.3 Å². The van der Waals surface area contributed by atoms with Crippen LogP contribution in [0.25, 0.3) is 0 Å². The summed E-state index contributed by atoms with van der Waals surface area (Å²) in [5, 5.41) is 8.26. The van der Waals surface area contributed by atoms with Crippen molar-refractivity contribution in [1.29, 1.82) is 0 Å². The Kier molecular flexibility index (Phi) is 14.9. The molecule has 0 aliphatic carbocycles. The van der Waals surface area contributed by atoms with Crippen LogP contribution in [0.4, 0.5) is 14.4 Å². The van der Waals surface area contributed by atoms with Gasteiger partial charge in [0.25, 0.3) is 0 Å². The summed E-state index contributed by atoms with van der Waals surface area (Å²) < 4.78 is 16.3. The lowest BCUT2D eigenvalue weighted by molar-refractivity contribution is -0.906. The highest BCUT2D eigenvalue weighted by Crippen LogP contribution is 2.09. The van der Waals surface area contributed by atoms with E-state index in [2.05, 4.69) is 16.0 Å². The molecule has 0 aliphatic rings. The van der Waals surface area contributed by atoms with Crippen molar-refractivity contribution < 1.29 is 33.1 Å². The topological polar surface area (TPSA) is 115 Å². The lowest BCUT2D eigenvalue weighted by Gasteiger charge is -2.35. The Bertz CT molecular complexity index is 535. The molecule has 0 aromatic rings. The first kappa shape index (κ1) is 33.9. The van der Waals surface area contributed by atoms with Crippen LogP contribution in [0.5, 0.6) is 0 Å². The van der Waals surface area contributed by atoms with E-state index in [1.807, 2.05) is 20.9 Å². The second-order valence-corrected chi connectivity index (χ2v) is 11.1. The number of rotatable bonds is 9. The first-order chi connectivity index (χ1) is 15.3. The Morgan fingerprint density at radius 2 is 0.765 bits per heavy atom. The Labute approximate surface area is 207 Å². The monoisotopic (exact) mass is 491 g/mol. The molecular formula is C24H51N4O6+. The number of carbonyl (C=O) groups excluding carboxylic acids is 3. The molecule has 0 aliphatic heterocycles. The second kappa shape index (κ2) is 14.9. The summed E-state index contributed by atoms with van der Waals surface area (Å²) in [4.78, 5) is 35.8. The number of alkyl carbamates (subject to hydrolysis) is 3. The van der Waals surface area contributed by atoms with Crippen LogP contribution in [0.1, 0.15) is 76.2 Å². The maximum atomic E-state index is 11.9. The average molecular weight is 492 g/mol. The molecule has 0 rings (SSSR count). The third-order valence-electron chi connectivity index (χ3n) is 3.96. The predicted octanol–water partition coefficient (Wildman–Crippen LogP) is 4.03. The maximum absolute atomic E-state index is 11.9. The van der Waals surface area contributed by atoms with Gasteiger partial charge in [-0.2, -0.15) is 0 Å². The second-order valence-electron chi connectivity index (χ2n) is 11.1. The number of hydrogen-bond donors (Lipinski definition) is 3. The van der Waals surface area contributed by atoms with Crippen LogP contribution >= 0.6 is 0 Å². The van der Waals surface area contributed by atoms with E-state index in [1.54, 1.807) is 62.3 Å². The third-order valence-corrected chi connectivity index (χ3v) is 3.96. The molecule has 10 nitrogen and oxygen atoms in total. The van der Waals surface area contributed by atoms with Gasteiger partial charge in [0, 0.05) is 0 Å². The van der Waals surface area contributed by atoms with Gasteiger partial charge in [0.15, 0.2) is 0 Å². The van der Waals surface area contributed by atoms with Gasteiger partial charge in [-0.1, -0.05) is 13.8 Å². The molecule has 0 heterocycles. The Morgan fingerprint density at radius 1 is 0.559 bits per heavy atom. The van der Waals surface area contributed by atoms with Gasteiger partial charge in [0.05, 0.1) is 46.3 Å². The fourth-order valence-corrected chi connectivity index (χ4v) is 2.56. The molecule has 0 aromatic carbocycles. The van der Waals surface area contributed by atoms with Crippen molar-refractivity contribution in [2.75, 3.05) is 46.3 Å². The van der Waals surface area contributed by atoms with Gasteiger partial charge >= 0.3 is 18.3 Å². The van der Waals surface area contributed by atoms with Gasteiger partial charge in [-0.15, -0.1) is 0 Å². The average Bonchev–Trinajstić information content (AvgIpc) is 2.58. The van der Waals surface area contributed by atoms with Crippen molar-refractivity contribution in [2.45, 2.75) is 93.0 Å². The van der Waals surface area contributed by atoms with Gasteiger partial charge in [-0.3, -0.25) is 0 Å². The molecule has 10 heteroatoms. The van der Waals surface area contributed by atoms with Gasteiger partial charge in [0.2, 0.25) is 0 Å². The van der Waals surface area contributed by atoms with E-state index in [-0.39, 0.29) is 0 Å². The predicted molar refractivity (Wildman–Crippen MR) is 135 cm³/mol. The standard InChI is InChI=1S/C22H44N4O6.C2H6/c1-20(2,3)30-17(27)23-11-14-26(10,15-12-24-18(28)31-21(4,5)6)16-13-25-19(29)32-22(7,8)9;1-2/h11-16H2,1-10H3,(H2-,23,24,25,27,28,29);1-2H3/p+1. The van der Waals surface area contributed by atoms with E-state index in [1.165, 1.54) is 0 Å². The molecule has 0 radical (unpaired) electrons. The van der Waals surface area contributed by atoms with E-state index >= 15 is 0 Å². The molecule has 0 unspecified atom stereocenters. The van der Waals surface area contributed by atoms with Crippen molar-refractivity contribution in [3.63, 3.8) is 0 Å². The summed E-state index contributed by atoms with van der Waals surface area (Å²) in [6.45, 7) is 23.1. The minimum absolute atomic E-state index is 0.379. The minimum atomic E-state index is -0.573. The number of quaternary nitrogens is 1. The zero-order chi connectivity index (χ0) is 27.2. The summed E-state index contributed by atoms with van der Waals surface area (Å²) in [6, 6.07) is 0. The van der Waals surface area contributed by atoms with Crippen molar-refractivity contribution in [1.82, 2.24) is 16.0 Å². The molecule has 0 aromatic heterocycles. The van der Waals surface area contributed by atoms with Crippen LogP contribution in [-0.2, 0) is 14.2 Å². The quantitative estimate of drug-likeness (QED) is 0.331. The molecular weight excluding hydrogens is 440 g/mol. The maximum Gasteiger partial charge on any atom is 0.407 e. The van der Waals surface area contributed by atoms with E-state index in [4.69, 9.17) is 14.2 Å². The van der Waals surface area contributed by atoms with Crippen LogP contribution in [0, 0.1) is 0 Å². The van der Waals surface area contributed by atoms with E-state index in [0.717, 1.165) is 0 Å². The fourth-order valence-electron chi connectivity index (χ4n) is 2.56.